The molecule has 0 heterocycles. The first-order chi connectivity index (χ1) is 9.06. The number of nitrogens with one attached hydrogen (secondary N) is 1. The summed E-state index contributed by atoms with van der Waals surface area (Å²) < 4.78 is 12.8. The third-order valence-corrected chi connectivity index (χ3v) is 3.04. The van der Waals surface area contributed by atoms with Crippen molar-refractivity contribution in [3.63, 3.8) is 0 Å². The zero-order valence-corrected chi connectivity index (χ0v) is 11.1. The normalized spacial score (nSPS) is 11.9. The molecule has 0 spiro atoms. The third kappa shape index (κ3) is 3.55. The largest absolute Gasteiger partial charge is 0.346 e. The summed E-state index contributed by atoms with van der Waals surface area (Å²) in [7, 11) is 0. The summed E-state index contributed by atoms with van der Waals surface area (Å²) >= 11 is 5.91. The smallest absolute Gasteiger partial charge is 0.251 e. The Balaban J connectivity index is 2.08. The lowest BCUT2D eigenvalue weighted by Crippen LogP contribution is -2.26. The van der Waals surface area contributed by atoms with Crippen LogP contribution in [0.5, 0.6) is 0 Å². The van der Waals surface area contributed by atoms with E-state index in [4.69, 9.17) is 11.6 Å². The molecule has 1 atom stereocenters. The van der Waals surface area contributed by atoms with Crippen LogP contribution in [0.15, 0.2) is 48.5 Å². The average Bonchev–Trinajstić information content (AvgIpc) is 2.39. The van der Waals surface area contributed by atoms with Crippen molar-refractivity contribution in [2.24, 2.45) is 0 Å². The van der Waals surface area contributed by atoms with Crippen molar-refractivity contribution in [3.8, 4) is 0 Å². The summed E-state index contributed by atoms with van der Waals surface area (Å²) in [5, 5.41) is 3.46. The topological polar surface area (TPSA) is 29.1 Å². The van der Waals surface area contributed by atoms with Gasteiger partial charge in [-0.15, -0.1) is 0 Å². The van der Waals surface area contributed by atoms with E-state index in [1.165, 1.54) is 24.3 Å². The number of halogens is 2. The molecule has 0 aliphatic heterocycles. The van der Waals surface area contributed by atoms with Gasteiger partial charge in [-0.1, -0.05) is 23.7 Å². The molecule has 2 aromatic rings. The predicted octanol–water partition coefficient (Wildman–Crippen LogP) is 3.97. The van der Waals surface area contributed by atoms with Gasteiger partial charge >= 0.3 is 0 Å². The Morgan fingerprint density at radius 2 is 1.89 bits per heavy atom. The first kappa shape index (κ1) is 13.6. The Morgan fingerprint density at radius 1 is 1.21 bits per heavy atom. The Bertz CT molecular complexity index is 583. The highest BCUT2D eigenvalue weighted by Crippen LogP contribution is 2.17. The maximum absolute atomic E-state index is 12.8. The highest BCUT2D eigenvalue weighted by atomic mass is 35.5. The third-order valence-electron chi connectivity index (χ3n) is 2.80. The molecule has 0 bridgehead atoms. The fraction of sp³-hybridized carbons (Fsp3) is 0.133. The second-order valence-corrected chi connectivity index (χ2v) is 4.69. The van der Waals surface area contributed by atoms with E-state index in [0.717, 1.165) is 5.56 Å². The van der Waals surface area contributed by atoms with Gasteiger partial charge in [0.15, 0.2) is 0 Å². The Kier molecular flexibility index (Phi) is 4.17. The van der Waals surface area contributed by atoms with E-state index in [-0.39, 0.29) is 17.8 Å². The van der Waals surface area contributed by atoms with Gasteiger partial charge in [0.25, 0.3) is 5.91 Å². The SMILES string of the molecule is C[C@@H](NC(=O)c1ccc(F)cc1)c1cccc(Cl)c1. The van der Waals surface area contributed by atoms with Crippen LogP contribution in [0.4, 0.5) is 4.39 Å². The summed E-state index contributed by atoms with van der Waals surface area (Å²) in [4.78, 5) is 12.0. The fourth-order valence-electron chi connectivity index (χ4n) is 1.74. The Hall–Kier alpha value is -1.87. The summed E-state index contributed by atoms with van der Waals surface area (Å²) in [6.07, 6.45) is 0. The van der Waals surface area contributed by atoms with Crippen molar-refractivity contribution in [2.45, 2.75) is 13.0 Å². The van der Waals surface area contributed by atoms with Crippen LogP contribution >= 0.6 is 11.6 Å². The van der Waals surface area contributed by atoms with Gasteiger partial charge < -0.3 is 5.32 Å². The lowest BCUT2D eigenvalue weighted by Gasteiger charge is -2.14. The minimum Gasteiger partial charge on any atom is -0.346 e. The molecule has 0 saturated carbocycles. The molecular formula is C15H13ClFNO. The first-order valence-electron chi connectivity index (χ1n) is 5.88. The van der Waals surface area contributed by atoms with Crippen molar-refractivity contribution < 1.29 is 9.18 Å². The Labute approximate surface area is 116 Å². The molecular weight excluding hydrogens is 265 g/mol. The van der Waals surface area contributed by atoms with Gasteiger partial charge in [-0.25, -0.2) is 4.39 Å². The molecule has 0 radical (unpaired) electrons. The number of hydrogen-bond acceptors (Lipinski definition) is 1. The van der Waals surface area contributed by atoms with E-state index in [9.17, 15) is 9.18 Å². The molecule has 2 rings (SSSR count). The monoisotopic (exact) mass is 277 g/mol. The molecule has 19 heavy (non-hydrogen) atoms. The molecule has 1 amide bonds. The highest BCUT2D eigenvalue weighted by Gasteiger charge is 2.11. The molecule has 2 aromatic carbocycles. The van der Waals surface area contributed by atoms with E-state index in [0.29, 0.717) is 10.6 Å². The summed E-state index contributed by atoms with van der Waals surface area (Å²) in [6.45, 7) is 1.87. The van der Waals surface area contributed by atoms with Gasteiger partial charge in [0.1, 0.15) is 5.82 Å². The molecule has 0 fully saturated rings. The lowest BCUT2D eigenvalue weighted by atomic mass is 10.1. The minimum absolute atomic E-state index is 0.170. The predicted molar refractivity (Wildman–Crippen MR) is 73.7 cm³/mol. The van der Waals surface area contributed by atoms with Gasteiger partial charge in [-0.3, -0.25) is 4.79 Å². The van der Waals surface area contributed by atoms with E-state index in [1.54, 1.807) is 12.1 Å². The van der Waals surface area contributed by atoms with E-state index in [1.807, 2.05) is 19.1 Å². The molecule has 0 aromatic heterocycles. The molecule has 0 saturated heterocycles. The number of benzene rings is 2. The summed E-state index contributed by atoms with van der Waals surface area (Å²) in [5.41, 5.74) is 1.35. The quantitative estimate of drug-likeness (QED) is 0.904. The van der Waals surface area contributed by atoms with Crippen LogP contribution < -0.4 is 5.32 Å². The van der Waals surface area contributed by atoms with Gasteiger partial charge in [0.05, 0.1) is 6.04 Å². The van der Waals surface area contributed by atoms with Crippen molar-refractivity contribution in [1.29, 1.82) is 0 Å². The highest BCUT2D eigenvalue weighted by molar-refractivity contribution is 6.30. The number of carbonyl (C=O) groups is 1. The van der Waals surface area contributed by atoms with Crippen LogP contribution in [-0.4, -0.2) is 5.91 Å². The Morgan fingerprint density at radius 3 is 2.53 bits per heavy atom. The molecule has 0 aliphatic carbocycles. The number of amides is 1. The van der Waals surface area contributed by atoms with E-state index < -0.39 is 0 Å². The second kappa shape index (κ2) is 5.85. The van der Waals surface area contributed by atoms with Crippen LogP contribution in [0, 0.1) is 5.82 Å². The van der Waals surface area contributed by atoms with Crippen molar-refractivity contribution in [3.05, 3.63) is 70.5 Å². The van der Waals surface area contributed by atoms with Gasteiger partial charge in [-0.2, -0.15) is 0 Å². The minimum atomic E-state index is -0.362. The maximum atomic E-state index is 12.8. The van der Waals surface area contributed by atoms with E-state index in [2.05, 4.69) is 5.32 Å². The van der Waals surface area contributed by atoms with Crippen LogP contribution in [0.3, 0.4) is 0 Å². The lowest BCUT2D eigenvalue weighted by molar-refractivity contribution is 0.0940. The first-order valence-corrected chi connectivity index (χ1v) is 6.26. The van der Waals surface area contributed by atoms with Crippen LogP contribution in [0.2, 0.25) is 5.02 Å². The van der Waals surface area contributed by atoms with Gasteiger partial charge in [0.2, 0.25) is 0 Å². The number of hydrogen-bond donors (Lipinski definition) is 1. The zero-order chi connectivity index (χ0) is 13.8. The second-order valence-electron chi connectivity index (χ2n) is 4.26. The number of rotatable bonds is 3. The van der Waals surface area contributed by atoms with Crippen molar-refractivity contribution in [1.82, 2.24) is 5.32 Å². The fourth-order valence-corrected chi connectivity index (χ4v) is 1.94. The molecule has 98 valence electrons. The molecule has 0 aliphatic rings. The van der Waals surface area contributed by atoms with Crippen molar-refractivity contribution >= 4 is 17.5 Å². The van der Waals surface area contributed by atoms with Crippen LogP contribution in [0.1, 0.15) is 28.9 Å². The van der Waals surface area contributed by atoms with Gasteiger partial charge in [0, 0.05) is 10.6 Å². The van der Waals surface area contributed by atoms with Crippen LogP contribution in [0.25, 0.3) is 0 Å². The molecule has 4 heteroatoms. The summed E-state index contributed by atoms with van der Waals surface area (Å²) in [6, 6.07) is 12.6. The van der Waals surface area contributed by atoms with Gasteiger partial charge in [-0.05, 0) is 48.9 Å². The number of carbonyl (C=O) groups excluding carboxylic acids is 1. The summed E-state index contributed by atoms with van der Waals surface area (Å²) in [5.74, 6) is -0.605. The molecule has 2 nitrogen and oxygen atoms in total. The van der Waals surface area contributed by atoms with E-state index >= 15 is 0 Å². The standard InChI is InChI=1S/C15H13ClFNO/c1-10(12-3-2-4-13(16)9-12)18-15(19)11-5-7-14(17)8-6-11/h2-10H,1H3,(H,18,19)/t10-/m1/s1. The maximum Gasteiger partial charge on any atom is 0.251 e. The van der Waals surface area contributed by atoms with Crippen LogP contribution in [-0.2, 0) is 0 Å². The molecule has 1 N–H and O–H groups in total. The zero-order valence-electron chi connectivity index (χ0n) is 10.4. The van der Waals surface area contributed by atoms with Crippen molar-refractivity contribution in [2.75, 3.05) is 0 Å². The average molecular weight is 278 g/mol. The molecule has 0 unspecified atom stereocenters.